The number of amides is 1. The Balaban J connectivity index is 1.99. The number of nitrogens with zero attached hydrogens (tertiary/aromatic N) is 2. The maximum atomic E-state index is 11.8. The van der Waals surface area contributed by atoms with E-state index in [2.05, 4.69) is 28.6 Å². The highest BCUT2D eigenvalue weighted by molar-refractivity contribution is 5.68. The van der Waals surface area contributed by atoms with E-state index in [0.717, 1.165) is 23.1 Å². The molecule has 0 radical (unpaired) electrons. The van der Waals surface area contributed by atoms with Crippen LogP contribution in [0.4, 0.5) is 4.79 Å². The summed E-state index contributed by atoms with van der Waals surface area (Å²) in [6.45, 7) is 7.54. The summed E-state index contributed by atoms with van der Waals surface area (Å²) in [5.74, 6) is 0. The van der Waals surface area contributed by atoms with Gasteiger partial charge in [-0.1, -0.05) is 24.3 Å². The smallest absolute Gasteiger partial charge is 0.407 e. The van der Waals surface area contributed by atoms with Gasteiger partial charge in [-0.3, -0.25) is 4.68 Å². The fraction of sp³-hybridized carbons (Fsp3) is 0.444. The summed E-state index contributed by atoms with van der Waals surface area (Å²) >= 11 is 0. The quantitative estimate of drug-likeness (QED) is 0.939. The van der Waals surface area contributed by atoms with Crippen molar-refractivity contribution in [1.29, 1.82) is 0 Å². The molecule has 5 nitrogen and oxygen atoms in total. The summed E-state index contributed by atoms with van der Waals surface area (Å²) in [6.07, 6.45) is 4.20. The second kappa shape index (κ2) is 6.86. The molecule has 0 spiro atoms. The number of aromatic nitrogens is 2. The zero-order valence-electron chi connectivity index (χ0n) is 14.5. The molecule has 23 heavy (non-hydrogen) atoms. The van der Waals surface area contributed by atoms with Crippen molar-refractivity contribution in [3.8, 4) is 11.1 Å². The van der Waals surface area contributed by atoms with Crippen molar-refractivity contribution >= 4 is 6.09 Å². The van der Waals surface area contributed by atoms with Crippen LogP contribution in [0.15, 0.2) is 36.7 Å². The molecular formula is C18H25N3O2. The van der Waals surface area contributed by atoms with E-state index in [0.29, 0.717) is 0 Å². The minimum absolute atomic E-state index is 0.00556. The Hall–Kier alpha value is -2.30. The molecule has 2 rings (SSSR count). The number of rotatable bonds is 4. The fourth-order valence-corrected chi connectivity index (χ4v) is 2.36. The molecule has 1 amide bonds. The van der Waals surface area contributed by atoms with Gasteiger partial charge in [-0.2, -0.15) is 5.10 Å². The minimum Gasteiger partial charge on any atom is -0.444 e. The number of alkyl carbamates (subject to hydrolysis) is 1. The van der Waals surface area contributed by atoms with E-state index >= 15 is 0 Å². The molecule has 1 aromatic carbocycles. The zero-order valence-corrected chi connectivity index (χ0v) is 14.5. The monoisotopic (exact) mass is 315 g/mol. The van der Waals surface area contributed by atoms with Gasteiger partial charge < -0.3 is 10.1 Å². The van der Waals surface area contributed by atoms with E-state index in [1.807, 2.05) is 53.2 Å². The average Bonchev–Trinajstić information content (AvgIpc) is 2.83. The Morgan fingerprint density at radius 1 is 1.35 bits per heavy atom. The molecule has 1 aromatic heterocycles. The summed E-state index contributed by atoms with van der Waals surface area (Å²) in [4.78, 5) is 11.8. The third-order valence-corrected chi connectivity index (χ3v) is 3.27. The lowest BCUT2D eigenvalue weighted by atomic mass is 10.0. The van der Waals surface area contributed by atoms with E-state index in [9.17, 15) is 4.79 Å². The third kappa shape index (κ3) is 5.43. The minimum atomic E-state index is -0.482. The predicted molar refractivity (Wildman–Crippen MR) is 91.2 cm³/mol. The topological polar surface area (TPSA) is 56.2 Å². The molecule has 0 saturated heterocycles. The lowest BCUT2D eigenvalue weighted by molar-refractivity contribution is 0.0508. The average molecular weight is 315 g/mol. The van der Waals surface area contributed by atoms with Crippen molar-refractivity contribution in [2.24, 2.45) is 7.05 Å². The van der Waals surface area contributed by atoms with E-state index in [1.54, 1.807) is 4.68 Å². The number of hydrogen-bond acceptors (Lipinski definition) is 3. The zero-order chi connectivity index (χ0) is 17.0. The molecular weight excluding hydrogens is 290 g/mol. The Bertz CT molecular complexity index is 671. The Kier molecular flexibility index (Phi) is 5.08. The van der Waals surface area contributed by atoms with Gasteiger partial charge in [0.2, 0.25) is 0 Å². The normalized spacial score (nSPS) is 12.7. The van der Waals surface area contributed by atoms with Gasteiger partial charge in [-0.05, 0) is 45.2 Å². The Morgan fingerprint density at radius 3 is 2.70 bits per heavy atom. The van der Waals surface area contributed by atoms with Crippen LogP contribution in [0.1, 0.15) is 33.3 Å². The van der Waals surface area contributed by atoms with Gasteiger partial charge in [0, 0.05) is 24.8 Å². The SMILES string of the molecule is C[C@H](Cc1cccc(-c2cnn(C)c2)c1)NC(=O)OC(C)(C)C. The molecule has 0 aliphatic rings. The highest BCUT2D eigenvalue weighted by atomic mass is 16.6. The van der Waals surface area contributed by atoms with Crippen molar-refractivity contribution in [3.05, 3.63) is 42.2 Å². The first-order valence-electron chi connectivity index (χ1n) is 7.80. The van der Waals surface area contributed by atoms with Gasteiger partial charge in [-0.25, -0.2) is 4.79 Å². The van der Waals surface area contributed by atoms with Crippen molar-refractivity contribution in [3.63, 3.8) is 0 Å². The molecule has 0 aliphatic carbocycles. The molecule has 1 atom stereocenters. The molecule has 124 valence electrons. The van der Waals surface area contributed by atoms with Gasteiger partial charge in [0.15, 0.2) is 0 Å². The lowest BCUT2D eigenvalue weighted by Gasteiger charge is -2.22. The lowest BCUT2D eigenvalue weighted by Crippen LogP contribution is -2.38. The van der Waals surface area contributed by atoms with Crippen molar-refractivity contribution in [1.82, 2.24) is 15.1 Å². The first-order chi connectivity index (χ1) is 10.7. The van der Waals surface area contributed by atoms with Gasteiger partial charge in [0.25, 0.3) is 0 Å². The molecule has 5 heteroatoms. The standard InChI is InChI=1S/C18H25N3O2/c1-13(20-17(22)23-18(2,3)4)9-14-7-6-8-15(10-14)16-11-19-21(5)12-16/h6-8,10-13H,9H2,1-5H3,(H,20,22)/t13-/m1/s1. The van der Waals surface area contributed by atoms with Crippen LogP contribution in [-0.4, -0.2) is 27.5 Å². The molecule has 1 heterocycles. The van der Waals surface area contributed by atoms with E-state index in [4.69, 9.17) is 4.74 Å². The number of carbonyl (C=O) groups excluding carboxylic acids is 1. The molecule has 2 aromatic rings. The van der Waals surface area contributed by atoms with Gasteiger partial charge in [0.05, 0.1) is 6.20 Å². The third-order valence-electron chi connectivity index (χ3n) is 3.27. The maximum absolute atomic E-state index is 11.8. The molecule has 0 unspecified atom stereocenters. The van der Waals surface area contributed by atoms with Crippen LogP contribution < -0.4 is 5.32 Å². The molecule has 0 aliphatic heterocycles. The van der Waals surface area contributed by atoms with Crippen LogP contribution in [0.5, 0.6) is 0 Å². The molecule has 1 N–H and O–H groups in total. The second-order valence-corrected chi connectivity index (χ2v) is 6.85. The largest absolute Gasteiger partial charge is 0.444 e. The predicted octanol–water partition coefficient (Wildman–Crippen LogP) is 3.54. The maximum Gasteiger partial charge on any atom is 0.407 e. The van der Waals surface area contributed by atoms with E-state index < -0.39 is 5.60 Å². The van der Waals surface area contributed by atoms with Crippen molar-refractivity contribution in [2.75, 3.05) is 0 Å². The van der Waals surface area contributed by atoms with Crippen molar-refractivity contribution < 1.29 is 9.53 Å². The molecule has 0 fully saturated rings. The number of aryl methyl sites for hydroxylation is 1. The molecule has 0 saturated carbocycles. The summed E-state index contributed by atoms with van der Waals surface area (Å²) in [7, 11) is 1.90. The van der Waals surface area contributed by atoms with Crippen LogP contribution in [0, 0.1) is 0 Å². The Morgan fingerprint density at radius 2 is 2.09 bits per heavy atom. The highest BCUT2D eigenvalue weighted by Gasteiger charge is 2.17. The number of carbonyl (C=O) groups is 1. The summed E-state index contributed by atoms with van der Waals surface area (Å²) < 4.78 is 7.07. The number of nitrogens with one attached hydrogen (secondary N) is 1. The van der Waals surface area contributed by atoms with Gasteiger partial charge in [0.1, 0.15) is 5.60 Å². The first-order valence-corrected chi connectivity index (χ1v) is 7.80. The van der Waals surface area contributed by atoms with Crippen LogP contribution >= 0.6 is 0 Å². The number of hydrogen-bond donors (Lipinski definition) is 1. The van der Waals surface area contributed by atoms with Crippen LogP contribution in [0.2, 0.25) is 0 Å². The van der Waals surface area contributed by atoms with Crippen LogP contribution in [-0.2, 0) is 18.2 Å². The first kappa shape index (κ1) is 17.1. The van der Waals surface area contributed by atoms with Gasteiger partial charge in [-0.15, -0.1) is 0 Å². The van der Waals surface area contributed by atoms with Crippen LogP contribution in [0.25, 0.3) is 11.1 Å². The summed E-state index contributed by atoms with van der Waals surface area (Å²) in [6, 6.07) is 8.27. The fourth-order valence-electron chi connectivity index (χ4n) is 2.36. The summed E-state index contributed by atoms with van der Waals surface area (Å²) in [5.41, 5.74) is 2.89. The number of ether oxygens (including phenoxy) is 1. The number of benzene rings is 1. The second-order valence-electron chi connectivity index (χ2n) is 6.85. The molecule has 0 bridgehead atoms. The van der Waals surface area contributed by atoms with Crippen molar-refractivity contribution in [2.45, 2.75) is 45.8 Å². The Labute approximate surface area is 137 Å². The van der Waals surface area contributed by atoms with Gasteiger partial charge >= 0.3 is 6.09 Å². The highest BCUT2D eigenvalue weighted by Crippen LogP contribution is 2.20. The van der Waals surface area contributed by atoms with Crippen LogP contribution in [0.3, 0.4) is 0 Å². The van der Waals surface area contributed by atoms with E-state index in [1.165, 1.54) is 0 Å². The summed E-state index contributed by atoms with van der Waals surface area (Å²) in [5, 5.41) is 7.07. The van der Waals surface area contributed by atoms with E-state index in [-0.39, 0.29) is 12.1 Å².